The highest BCUT2D eigenvalue weighted by molar-refractivity contribution is 6.63. The first kappa shape index (κ1) is 12.8. The number of ether oxygens (including phenoxy) is 1. The molecule has 0 fully saturated rings. The van der Waals surface area contributed by atoms with E-state index in [9.17, 15) is 4.79 Å². The van der Waals surface area contributed by atoms with Crippen molar-refractivity contribution >= 4 is 22.5 Å². The molecule has 0 heterocycles. The lowest BCUT2D eigenvalue weighted by Gasteiger charge is -2.13. The van der Waals surface area contributed by atoms with Crippen molar-refractivity contribution in [3.05, 3.63) is 24.3 Å². The number of anilines is 1. The molecule has 88 valence electrons. The zero-order valence-corrected chi connectivity index (χ0v) is 10.3. The fraction of sp³-hybridized carbons (Fsp3) is 0.417. The largest absolute Gasteiger partial charge is 0.494 e. The minimum absolute atomic E-state index is 0.314. The molecule has 1 aromatic rings. The Balaban J connectivity index is 2.42. The summed E-state index contributed by atoms with van der Waals surface area (Å²) in [6.07, 6.45) is 1.00. The van der Waals surface area contributed by atoms with Crippen LogP contribution in [-0.4, -0.2) is 25.9 Å². The van der Waals surface area contributed by atoms with Crippen LogP contribution in [0.3, 0.4) is 0 Å². The molecule has 16 heavy (non-hydrogen) atoms. The molecular weight excluding hydrogens is 226 g/mol. The molecule has 0 aromatic heterocycles. The van der Waals surface area contributed by atoms with E-state index >= 15 is 0 Å². The van der Waals surface area contributed by atoms with Crippen molar-refractivity contribution in [2.75, 3.05) is 25.6 Å². The van der Waals surface area contributed by atoms with Gasteiger partial charge >= 0.3 is 0 Å². The number of nitrogens with zero attached hydrogens (tertiary/aromatic N) is 1. The Hall–Kier alpha value is -1.22. The molecule has 0 unspecified atom stereocenters. The zero-order chi connectivity index (χ0) is 12.0. The SMILES string of the molecule is CN(C)c1cccc(OCCCC(=O)Cl)c1. The highest BCUT2D eigenvalue weighted by Crippen LogP contribution is 2.19. The third-order valence-corrected chi connectivity index (χ3v) is 2.31. The Labute approximate surface area is 101 Å². The predicted octanol–water partition coefficient (Wildman–Crippen LogP) is 2.68. The van der Waals surface area contributed by atoms with Crippen molar-refractivity contribution < 1.29 is 9.53 Å². The first-order valence-corrected chi connectivity index (χ1v) is 5.56. The number of rotatable bonds is 6. The van der Waals surface area contributed by atoms with Gasteiger partial charge in [0.05, 0.1) is 6.61 Å². The van der Waals surface area contributed by atoms with Gasteiger partial charge in [0.25, 0.3) is 0 Å². The molecule has 0 atom stereocenters. The average molecular weight is 242 g/mol. The van der Waals surface area contributed by atoms with Gasteiger partial charge in [0.15, 0.2) is 0 Å². The Morgan fingerprint density at radius 1 is 1.44 bits per heavy atom. The predicted molar refractivity (Wildman–Crippen MR) is 66.4 cm³/mol. The van der Waals surface area contributed by atoms with Crippen LogP contribution in [0.25, 0.3) is 0 Å². The summed E-state index contributed by atoms with van der Waals surface area (Å²) < 4.78 is 5.51. The Morgan fingerprint density at radius 2 is 2.19 bits per heavy atom. The third-order valence-electron chi connectivity index (χ3n) is 2.12. The molecular formula is C12H16ClNO2. The van der Waals surface area contributed by atoms with Crippen molar-refractivity contribution in [2.45, 2.75) is 12.8 Å². The maximum atomic E-state index is 10.5. The molecule has 0 spiro atoms. The molecule has 0 saturated carbocycles. The zero-order valence-electron chi connectivity index (χ0n) is 9.57. The third kappa shape index (κ3) is 4.53. The molecule has 0 aliphatic rings. The van der Waals surface area contributed by atoms with Gasteiger partial charge in [-0.2, -0.15) is 0 Å². The van der Waals surface area contributed by atoms with E-state index in [-0.39, 0.29) is 5.24 Å². The van der Waals surface area contributed by atoms with Crippen molar-refractivity contribution in [2.24, 2.45) is 0 Å². The summed E-state index contributed by atoms with van der Waals surface area (Å²) in [4.78, 5) is 12.5. The minimum Gasteiger partial charge on any atom is -0.494 e. The molecule has 1 rings (SSSR count). The summed E-state index contributed by atoms with van der Waals surface area (Å²) in [5.74, 6) is 0.813. The standard InChI is InChI=1S/C12H16ClNO2/c1-14(2)10-5-3-6-11(9-10)16-8-4-7-12(13)15/h3,5-6,9H,4,7-8H2,1-2H3. The lowest BCUT2D eigenvalue weighted by atomic mass is 10.3. The van der Waals surface area contributed by atoms with E-state index in [1.165, 1.54) is 0 Å². The number of halogens is 1. The molecule has 0 N–H and O–H groups in total. The van der Waals surface area contributed by atoms with Crippen LogP contribution in [0.2, 0.25) is 0 Å². The topological polar surface area (TPSA) is 29.5 Å². The minimum atomic E-state index is -0.314. The van der Waals surface area contributed by atoms with Gasteiger partial charge in [0, 0.05) is 32.3 Å². The monoisotopic (exact) mass is 241 g/mol. The van der Waals surface area contributed by atoms with Gasteiger partial charge < -0.3 is 9.64 Å². The second-order valence-electron chi connectivity index (χ2n) is 3.70. The van der Waals surface area contributed by atoms with Gasteiger partial charge in [-0.1, -0.05) is 6.07 Å². The lowest BCUT2D eigenvalue weighted by Crippen LogP contribution is -2.08. The van der Waals surface area contributed by atoms with Crippen LogP contribution in [0.1, 0.15) is 12.8 Å². The molecule has 0 aliphatic carbocycles. The van der Waals surface area contributed by atoms with Crippen LogP contribution >= 0.6 is 11.6 Å². The van der Waals surface area contributed by atoms with Crippen LogP contribution in [0.15, 0.2) is 24.3 Å². The molecule has 1 aromatic carbocycles. The number of benzene rings is 1. The van der Waals surface area contributed by atoms with Crippen LogP contribution in [0.4, 0.5) is 5.69 Å². The maximum Gasteiger partial charge on any atom is 0.221 e. The Kier molecular flexibility index (Phi) is 5.12. The van der Waals surface area contributed by atoms with E-state index in [0.29, 0.717) is 19.4 Å². The maximum absolute atomic E-state index is 10.5. The van der Waals surface area contributed by atoms with Crippen LogP contribution in [0.5, 0.6) is 5.75 Å². The van der Waals surface area contributed by atoms with Gasteiger partial charge in [-0.05, 0) is 30.2 Å². The molecule has 4 heteroatoms. The summed E-state index contributed by atoms with van der Waals surface area (Å²) in [6, 6.07) is 7.81. The number of carbonyl (C=O) groups is 1. The number of hydrogen-bond donors (Lipinski definition) is 0. The van der Waals surface area contributed by atoms with E-state index in [1.807, 2.05) is 43.3 Å². The molecule has 0 radical (unpaired) electrons. The fourth-order valence-corrected chi connectivity index (χ4v) is 1.39. The van der Waals surface area contributed by atoms with E-state index < -0.39 is 0 Å². The quantitative estimate of drug-likeness (QED) is 0.567. The molecule has 0 saturated heterocycles. The van der Waals surface area contributed by atoms with Gasteiger partial charge in [-0.15, -0.1) is 0 Å². The van der Waals surface area contributed by atoms with Crippen LogP contribution in [-0.2, 0) is 4.79 Å². The molecule has 0 amide bonds. The smallest absolute Gasteiger partial charge is 0.221 e. The van der Waals surface area contributed by atoms with Gasteiger partial charge in [-0.25, -0.2) is 0 Å². The first-order valence-electron chi connectivity index (χ1n) is 5.18. The van der Waals surface area contributed by atoms with Crippen LogP contribution < -0.4 is 9.64 Å². The van der Waals surface area contributed by atoms with E-state index in [4.69, 9.17) is 16.3 Å². The lowest BCUT2D eigenvalue weighted by molar-refractivity contribution is -0.111. The second kappa shape index (κ2) is 6.38. The summed E-state index contributed by atoms with van der Waals surface area (Å²) in [7, 11) is 3.95. The first-order chi connectivity index (χ1) is 7.59. The molecule has 0 bridgehead atoms. The van der Waals surface area contributed by atoms with Gasteiger partial charge in [0.2, 0.25) is 5.24 Å². The van der Waals surface area contributed by atoms with E-state index in [1.54, 1.807) is 0 Å². The fourth-order valence-electron chi connectivity index (χ4n) is 1.25. The van der Waals surface area contributed by atoms with Crippen molar-refractivity contribution in [3.8, 4) is 5.75 Å². The Morgan fingerprint density at radius 3 is 2.81 bits per heavy atom. The summed E-state index contributed by atoms with van der Waals surface area (Å²) in [5.41, 5.74) is 1.09. The number of hydrogen-bond acceptors (Lipinski definition) is 3. The second-order valence-corrected chi connectivity index (χ2v) is 4.12. The number of carbonyl (C=O) groups excluding carboxylic acids is 1. The van der Waals surface area contributed by atoms with Crippen molar-refractivity contribution in [1.82, 2.24) is 0 Å². The normalized spacial score (nSPS) is 9.94. The van der Waals surface area contributed by atoms with E-state index in [0.717, 1.165) is 11.4 Å². The summed E-state index contributed by atoms with van der Waals surface area (Å²) in [6.45, 7) is 0.509. The van der Waals surface area contributed by atoms with E-state index in [2.05, 4.69) is 0 Å². The van der Waals surface area contributed by atoms with Crippen molar-refractivity contribution in [3.63, 3.8) is 0 Å². The van der Waals surface area contributed by atoms with Crippen molar-refractivity contribution in [1.29, 1.82) is 0 Å². The molecule has 0 aliphatic heterocycles. The highest BCUT2D eigenvalue weighted by Gasteiger charge is 1.99. The van der Waals surface area contributed by atoms with Gasteiger partial charge in [0.1, 0.15) is 5.75 Å². The molecule has 3 nitrogen and oxygen atoms in total. The summed E-state index contributed by atoms with van der Waals surface area (Å²) >= 11 is 5.23. The average Bonchev–Trinajstić information content (AvgIpc) is 2.24. The highest BCUT2D eigenvalue weighted by atomic mass is 35.5. The Bertz CT molecular complexity index is 353. The van der Waals surface area contributed by atoms with Gasteiger partial charge in [-0.3, -0.25) is 4.79 Å². The van der Waals surface area contributed by atoms with Crippen LogP contribution in [0, 0.1) is 0 Å². The summed E-state index contributed by atoms with van der Waals surface area (Å²) in [5, 5.41) is -0.314.